The van der Waals surface area contributed by atoms with E-state index in [1.54, 1.807) is 6.07 Å². The van der Waals surface area contributed by atoms with Crippen molar-refractivity contribution >= 4 is 57.8 Å². The summed E-state index contributed by atoms with van der Waals surface area (Å²) in [5, 5.41) is 4.46. The zero-order valence-corrected chi connectivity index (χ0v) is 11.5. The lowest BCUT2D eigenvalue weighted by molar-refractivity contribution is 1.55. The number of nitrogens with one attached hydrogen (secondary N) is 1. The first-order valence-corrected chi connectivity index (χ1v) is 6.26. The quantitative estimate of drug-likeness (QED) is 0.526. The topological polar surface area (TPSA) is 12.0 Å². The number of hydrogen-bond donors (Lipinski definition) is 1. The number of hydrogen-bond acceptors (Lipinski definition) is 1. The lowest BCUT2D eigenvalue weighted by Crippen LogP contribution is -1.93. The van der Waals surface area contributed by atoms with E-state index < -0.39 is 0 Å². The monoisotopic (exact) mass is 305 g/mol. The van der Waals surface area contributed by atoms with E-state index in [4.69, 9.17) is 46.4 Å². The van der Waals surface area contributed by atoms with Gasteiger partial charge in [0.05, 0.1) is 25.8 Å². The van der Waals surface area contributed by atoms with Gasteiger partial charge in [0, 0.05) is 5.69 Å². The van der Waals surface area contributed by atoms with Crippen molar-refractivity contribution in [1.29, 1.82) is 0 Å². The van der Waals surface area contributed by atoms with Crippen LogP contribution in [0.15, 0.2) is 36.4 Å². The van der Waals surface area contributed by atoms with Gasteiger partial charge in [0.25, 0.3) is 0 Å². The third kappa shape index (κ3) is 2.80. The van der Waals surface area contributed by atoms with Crippen molar-refractivity contribution in [2.45, 2.75) is 0 Å². The molecule has 88 valence electrons. The van der Waals surface area contributed by atoms with E-state index in [2.05, 4.69) is 5.32 Å². The van der Waals surface area contributed by atoms with Crippen molar-refractivity contribution in [1.82, 2.24) is 0 Å². The minimum Gasteiger partial charge on any atom is -0.353 e. The van der Waals surface area contributed by atoms with Gasteiger partial charge in [0.2, 0.25) is 0 Å². The van der Waals surface area contributed by atoms with E-state index in [0.29, 0.717) is 20.8 Å². The van der Waals surface area contributed by atoms with Crippen LogP contribution >= 0.6 is 46.4 Å². The first kappa shape index (κ1) is 12.8. The Morgan fingerprint density at radius 2 is 1.41 bits per heavy atom. The van der Waals surface area contributed by atoms with Crippen LogP contribution in [0, 0.1) is 0 Å². The van der Waals surface area contributed by atoms with Gasteiger partial charge in [0.1, 0.15) is 0 Å². The first-order chi connectivity index (χ1) is 8.09. The van der Waals surface area contributed by atoms with Crippen molar-refractivity contribution in [2.75, 3.05) is 5.32 Å². The molecule has 0 fully saturated rings. The molecule has 0 saturated heterocycles. The van der Waals surface area contributed by atoms with Gasteiger partial charge in [-0.25, -0.2) is 0 Å². The smallest absolute Gasteiger partial charge is 0.0857 e. The van der Waals surface area contributed by atoms with Crippen LogP contribution in [0.3, 0.4) is 0 Å². The summed E-state index contributed by atoms with van der Waals surface area (Å²) in [4.78, 5) is 0. The zero-order chi connectivity index (χ0) is 12.4. The van der Waals surface area contributed by atoms with Crippen LogP contribution < -0.4 is 5.32 Å². The Kier molecular flexibility index (Phi) is 4.05. The summed E-state index contributed by atoms with van der Waals surface area (Å²) >= 11 is 24.0. The van der Waals surface area contributed by atoms with Gasteiger partial charge in [-0.15, -0.1) is 0 Å². The molecular formula is C12H7Cl4N. The maximum Gasteiger partial charge on any atom is 0.0857 e. The zero-order valence-electron chi connectivity index (χ0n) is 8.48. The molecule has 0 amide bonds. The number of para-hydroxylation sites is 1. The van der Waals surface area contributed by atoms with E-state index in [0.717, 1.165) is 5.69 Å². The number of halogens is 4. The average molecular weight is 307 g/mol. The van der Waals surface area contributed by atoms with Gasteiger partial charge in [-0.1, -0.05) is 64.6 Å². The Bertz CT molecular complexity index is 540. The molecule has 0 aromatic heterocycles. The van der Waals surface area contributed by atoms with Gasteiger partial charge < -0.3 is 5.32 Å². The second-order valence-electron chi connectivity index (χ2n) is 3.33. The summed E-state index contributed by atoms with van der Waals surface area (Å²) in [5.41, 5.74) is 1.42. The summed E-state index contributed by atoms with van der Waals surface area (Å²) in [6.07, 6.45) is 0. The highest BCUT2D eigenvalue weighted by atomic mass is 35.5. The third-order valence-electron chi connectivity index (χ3n) is 2.16. The molecule has 0 atom stereocenters. The summed E-state index contributed by atoms with van der Waals surface area (Å²) in [5.74, 6) is 0. The molecule has 5 heteroatoms. The van der Waals surface area contributed by atoms with Crippen LogP contribution in [-0.2, 0) is 0 Å². The highest BCUT2D eigenvalue weighted by molar-refractivity contribution is 6.51. The first-order valence-electron chi connectivity index (χ1n) is 4.74. The van der Waals surface area contributed by atoms with Gasteiger partial charge in [0.15, 0.2) is 0 Å². The van der Waals surface area contributed by atoms with Crippen LogP contribution in [-0.4, -0.2) is 0 Å². The standard InChI is InChI=1S/C12H7Cl4N/c13-8-6-9(14)12(11(16)10(8)15)17-7-4-2-1-3-5-7/h1-6,17H. The predicted molar refractivity (Wildman–Crippen MR) is 76.2 cm³/mol. The lowest BCUT2D eigenvalue weighted by atomic mass is 10.2. The molecule has 0 aliphatic rings. The summed E-state index contributed by atoms with van der Waals surface area (Å²) < 4.78 is 0. The molecule has 0 saturated carbocycles. The largest absolute Gasteiger partial charge is 0.353 e. The molecule has 1 N–H and O–H groups in total. The van der Waals surface area contributed by atoms with E-state index in [-0.39, 0.29) is 5.02 Å². The SMILES string of the molecule is Clc1cc(Cl)c(Nc2ccccc2)c(Cl)c1Cl. The Morgan fingerprint density at radius 3 is 2.06 bits per heavy atom. The summed E-state index contributed by atoms with van der Waals surface area (Å²) in [6.45, 7) is 0. The molecule has 2 aromatic carbocycles. The highest BCUT2D eigenvalue weighted by Crippen LogP contribution is 2.42. The fourth-order valence-corrected chi connectivity index (χ4v) is 2.35. The number of rotatable bonds is 2. The Hall–Kier alpha value is -0.600. The highest BCUT2D eigenvalue weighted by Gasteiger charge is 2.13. The van der Waals surface area contributed by atoms with Crippen LogP contribution in [0.25, 0.3) is 0 Å². The van der Waals surface area contributed by atoms with Crippen LogP contribution in [0.2, 0.25) is 20.1 Å². The van der Waals surface area contributed by atoms with Gasteiger partial charge in [-0.05, 0) is 18.2 Å². The van der Waals surface area contributed by atoms with Crippen LogP contribution in [0.4, 0.5) is 11.4 Å². The summed E-state index contributed by atoms with van der Waals surface area (Å²) in [6, 6.07) is 11.1. The minimum atomic E-state index is 0.288. The molecule has 17 heavy (non-hydrogen) atoms. The second kappa shape index (κ2) is 5.36. The lowest BCUT2D eigenvalue weighted by Gasteiger charge is -2.12. The van der Waals surface area contributed by atoms with Gasteiger partial charge in [-0.3, -0.25) is 0 Å². The van der Waals surface area contributed by atoms with Gasteiger partial charge >= 0.3 is 0 Å². The Balaban J connectivity index is 2.43. The van der Waals surface area contributed by atoms with Crippen LogP contribution in [0.1, 0.15) is 0 Å². The van der Waals surface area contributed by atoms with Crippen LogP contribution in [0.5, 0.6) is 0 Å². The average Bonchev–Trinajstić information content (AvgIpc) is 2.33. The normalized spacial score (nSPS) is 10.4. The molecule has 0 bridgehead atoms. The van der Waals surface area contributed by atoms with E-state index >= 15 is 0 Å². The number of benzene rings is 2. The molecule has 1 nitrogen and oxygen atoms in total. The fraction of sp³-hybridized carbons (Fsp3) is 0. The molecule has 0 unspecified atom stereocenters. The predicted octanol–water partition coefficient (Wildman–Crippen LogP) is 6.04. The van der Waals surface area contributed by atoms with Crippen molar-refractivity contribution in [3.8, 4) is 0 Å². The van der Waals surface area contributed by atoms with E-state index in [9.17, 15) is 0 Å². The molecule has 0 heterocycles. The molecular weight excluding hydrogens is 300 g/mol. The molecule has 0 radical (unpaired) electrons. The maximum atomic E-state index is 6.09. The molecule has 0 aliphatic heterocycles. The van der Waals surface area contributed by atoms with Crippen molar-refractivity contribution in [3.05, 3.63) is 56.5 Å². The summed E-state index contributed by atoms with van der Waals surface area (Å²) in [7, 11) is 0. The Labute approximate surface area is 119 Å². The molecule has 0 aliphatic carbocycles. The minimum absolute atomic E-state index is 0.288. The van der Waals surface area contributed by atoms with Crippen molar-refractivity contribution in [3.63, 3.8) is 0 Å². The molecule has 0 spiro atoms. The fourth-order valence-electron chi connectivity index (χ4n) is 1.35. The molecule has 2 rings (SSSR count). The Morgan fingerprint density at radius 1 is 0.765 bits per heavy atom. The van der Waals surface area contributed by atoms with Crippen molar-refractivity contribution < 1.29 is 0 Å². The van der Waals surface area contributed by atoms with Gasteiger partial charge in [-0.2, -0.15) is 0 Å². The maximum absolute atomic E-state index is 6.09. The van der Waals surface area contributed by atoms with Crippen molar-refractivity contribution in [2.24, 2.45) is 0 Å². The second-order valence-corrected chi connectivity index (χ2v) is 4.90. The van der Waals surface area contributed by atoms with E-state index in [1.807, 2.05) is 30.3 Å². The number of anilines is 2. The molecule has 2 aromatic rings. The van der Waals surface area contributed by atoms with E-state index in [1.165, 1.54) is 0 Å². The third-order valence-corrected chi connectivity index (χ3v) is 3.72.